The average Bonchev–Trinajstić information content (AvgIpc) is 2.56. The predicted molar refractivity (Wildman–Crippen MR) is 71.1 cm³/mol. The van der Waals surface area contributed by atoms with E-state index in [0.717, 1.165) is 17.1 Å². The summed E-state index contributed by atoms with van der Waals surface area (Å²) in [7, 11) is 1.93. The summed E-state index contributed by atoms with van der Waals surface area (Å²) < 4.78 is 15.3. The second-order valence-electron chi connectivity index (χ2n) is 4.54. The molecule has 2 aromatic rings. The van der Waals surface area contributed by atoms with Gasteiger partial charge >= 0.3 is 0 Å². The van der Waals surface area contributed by atoms with E-state index in [-0.39, 0.29) is 5.82 Å². The Morgan fingerprint density at radius 1 is 1.28 bits per heavy atom. The maximum atomic E-state index is 13.4. The lowest BCUT2D eigenvalue weighted by Crippen LogP contribution is -2.04. The quantitative estimate of drug-likeness (QED) is 0.903. The van der Waals surface area contributed by atoms with E-state index < -0.39 is 0 Å². The molecule has 0 amide bonds. The Balaban J connectivity index is 2.19. The first-order valence-corrected chi connectivity index (χ1v) is 5.98. The van der Waals surface area contributed by atoms with Crippen LogP contribution in [-0.2, 0) is 13.6 Å². The van der Waals surface area contributed by atoms with Crippen LogP contribution < -0.4 is 5.32 Å². The molecule has 0 spiro atoms. The molecule has 1 heterocycles. The normalized spacial score (nSPS) is 10.7. The zero-order valence-electron chi connectivity index (χ0n) is 11.2. The number of nitrogens with zero attached hydrogens (tertiary/aromatic N) is 2. The van der Waals surface area contributed by atoms with Gasteiger partial charge in [0.15, 0.2) is 0 Å². The third-order valence-corrected chi connectivity index (χ3v) is 3.38. The highest BCUT2D eigenvalue weighted by Gasteiger charge is 2.10. The van der Waals surface area contributed by atoms with Crippen LogP contribution in [0.2, 0.25) is 0 Å². The first-order chi connectivity index (χ1) is 8.50. The molecule has 0 saturated carbocycles. The monoisotopic (exact) mass is 247 g/mol. The van der Waals surface area contributed by atoms with E-state index in [4.69, 9.17) is 0 Å². The van der Waals surface area contributed by atoms with Gasteiger partial charge in [-0.2, -0.15) is 5.10 Å². The molecule has 0 aliphatic heterocycles. The van der Waals surface area contributed by atoms with Crippen LogP contribution in [0, 0.1) is 26.6 Å². The average molecular weight is 247 g/mol. The number of rotatable bonds is 3. The van der Waals surface area contributed by atoms with Crippen LogP contribution in [0.4, 0.5) is 10.1 Å². The van der Waals surface area contributed by atoms with Crippen LogP contribution in [0.1, 0.15) is 22.5 Å². The van der Waals surface area contributed by atoms with Crippen LogP contribution in [0.3, 0.4) is 0 Å². The van der Waals surface area contributed by atoms with Crippen LogP contribution >= 0.6 is 0 Å². The Morgan fingerprint density at radius 3 is 2.61 bits per heavy atom. The molecule has 96 valence electrons. The van der Waals surface area contributed by atoms with Crippen LogP contribution in [0.5, 0.6) is 0 Å². The number of nitrogens with one attached hydrogen (secondary N) is 1. The van der Waals surface area contributed by atoms with Gasteiger partial charge in [-0.25, -0.2) is 4.39 Å². The van der Waals surface area contributed by atoms with Crippen molar-refractivity contribution in [2.75, 3.05) is 5.32 Å². The molecular weight excluding hydrogens is 229 g/mol. The Labute approximate surface area is 107 Å². The van der Waals surface area contributed by atoms with E-state index in [9.17, 15) is 4.39 Å². The molecule has 0 bridgehead atoms. The van der Waals surface area contributed by atoms with Crippen LogP contribution in [0.25, 0.3) is 0 Å². The summed E-state index contributed by atoms with van der Waals surface area (Å²) in [4.78, 5) is 0. The fourth-order valence-corrected chi connectivity index (χ4v) is 2.06. The Kier molecular flexibility index (Phi) is 3.36. The molecule has 3 nitrogen and oxygen atoms in total. The number of aromatic nitrogens is 2. The molecule has 1 N–H and O–H groups in total. The van der Waals surface area contributed by atoms with E-state index in [2.05, 4.69) is 10.4 Å². The molecule has 0 fully saturated rings. The van der Waals surface area contributed by atoms with Gasteiger partial charge in [-0.05, 0) is 32.9 Å². The SMILES string of the molecule is Cc1nn(C)c(C)c1CNc1cccc(F)c1C. The molecule has 0 atom stereocenters. The van der Waals surface area contributed by atoms with Gasteiger partial charge in [0.2, 0.25) is 0 Å². The molecule has 2 rings (SSSR count). The topological polar surface area (TPSA) is 29.9 Å². The van der Waals surface area contributed by atoms with E-state index in [1.807, 2.05) is 31.6 Å². The molecule has 0 saturated heterocycles. The summed E-state index contributed by atoms with van der Waals surface area (Å²) >= 11 is 0. The number of halogens is 1. The van der Waals surface area contributed by atoms with Crippen molar-refractivity contribution >= 4 is 5.69 Å². The van der Waals surface area contributed by atoms with Gasteiger partial charge in [0.05, 0.1) is 5.69 Å². The van der Waals surface area contributed by atoms with Crippen molar-refractivity contribution in [2.24, 2.45) is 7.05 Å². The maximum Gasteiger partial charge on any atom is 0.128 e. The summed E-state index contributed by atoms with van der Waals surface area (Å²) in [5.41, 5.74) is 4.79. The molecule has 1 aromatic carbocycles. The second-order valence-corrected chi connectivity index (χ2v) is 4.54. The summed E-state index contributed by atoms with van der Waals surface area (Å²) in [5, 5.41) is 7.64. The van der Waals surface area contributed by atoms with Crippen molar-refractivity contribution in [1.29, 1.82) is 0 Å². The Morgan fingerprint density at radius 2 is 2.00 bits per heavy atom. The fourth-order valence-electron chi connectivity index (χ4n) is 2.06. The summed E-state index contributed by atoms with van der Waals surface area (Å²) in [6, 6.07) is 5.08. The van der Waals surface area contributed by atoms with E-state index >= 15 is 0 Å². The van der Waals surface area contributed by atoms with Crippen molar-refractivity contribution in [3.05, 3.63) is 46.5 Å². The van der Waals surface area contributed by atoms with Crippen molar-refractivity contribution in [3.8, 4) is 0 Å². The highest BCUT2D eigenvalue weighted by Crippen LogP contribution is 2.20. The number of anilines is 1. The molecule has 0 aliphatic rings. The zero-order chi connectivity index (χ0) is 13.3. The van der Waals surface area contributed by atoms with E-state index in [0.29, 0.717) is 12.1 Å². The van der Waals surface area contributed by atoms with Gasteiger partial charge in [-0.15, -0.1) is 0 Å². The predicted octanol–water partition coefficient (Wildman–Crippen LogP) is 3.10. The maximum absolute atomic E-state index is 13.4. The van der Waals surface area contributed by atoms with E-state index in [1.54, 1.807) is 13.0 Å². The van der Waals surface area contributed by atoms with Gasteiger partial charge in [0.1, 0.15) is 5.82 Å². The summed E-state index contributed by atoms with van der Waals surface area (Å²) in [5.74, 6) is -0.181. The first-order valence-electron chi connectivity index (χ1n) is 5.98. The highest BCUT2D eigenvalue weighted by molar-refractivity contribution is 5.51. The molecule has 18 heavy (non-hydrogen) atoms. The van der Waals surface area contributed by atoms with Gasteiger partial charge in [-0.1, -0.05) is 6.07 Å². The van der Waals surface area contributed by atoms with Gasteiger partial charge < -0.3 is 5.32 Å². The first kappa shape index (κ1) is 12.6. The lowest BCUT2D eigenvalue weighted by atomic mass is 10.1. The van der Waals surface area contributed by atoms with Crippen molar-refractivity contribution < 1.29 is 4.39 Å². The lowest BCUT2D eigenvalue weighted by Gasteiger charge is -2.10. The number of hydrogen-bond acceptors (Lipinski definition) is 2. The minimum Gasteiger partial charge on any atom is -0.381 e. The number of hydrogen-bond donors (Lipinski definition) is 1. The molecule has 0 radical (unpaired) electrons. The standard InChI is InChI=1S/C14H18FN3/c1-9-13(15)6-5-7-14(9)16-8-12-10(2)17-18(4)11(12)3/h5-7,16H,8H2,1-4H3. The lowest BCUT2D eigenvalue weighted by molar-refractivity contribution is 0.619. The van der Waals surface area contributed by atoms with Gasteiger partial charge in [0.25, 0.3) is 0 Å². The van der Waals surface area contributed by atoms with Crippen LogP contribution in [-0.4, -0.2) is 9.78 Å². The summed E-state index contributed by atoms with van der Waals surface area (Å²) in [6.45, 7) is 6.47. The number of aryl methyl sites for hydroxylation is 2. The second kappa shape index (κ2) is 4.80. The highest BCUT2D eigenvalue weighted by atomic mass is 19.1. The summed E-state index contributed by atoms with van der Waals surface area (Å²) in [6.07, 6.45) is 0. The Hall–Kier alpha value is -1.84. The third-order valence-electron chi connectivity index (χ3n) is 3.38. The molecule has 1 aromatic heterocycles. The minimum atomic E-state index is -0.181. The Bertz CT molecular complexity index is 573. The van der Waals surface area contributed by atoms with Crippen molar-refractivity contribution in [3.63, 3.8) is 0 Å². The molecular formula is C14H18FN3. The molecule has 4 heteroatoms. The minimum absolute atomic E-state index is 0.181. The van der Waals surface area contributed by atoms with E-state index in [1.165, 1.54) is 11.6 Å². The largest absolute Gasteiger partial charge is 0.381 e. The number of benzene rings is 1. The van der Waals surface area contributed by atoms with Crippen molar-refractivity contribution in [1.82, 2.24) is 9.78 Å². The molecule has 0 unspecified atom stereocenters. The molecule has 0 aliphatic carbocycles. The van der Waals surface area contributed by atoms with Gasteiger partial charge in [-0.3, -0.25) is 4.68 Å². The fraction of sp³-hybridized carbons (Fsp3) is 0.357. The smallest absolute Gasteiger partial charge is 0.128 e. The van der Waals surface area contributed by atoms with Crippen molar-refractivity contribution in [2.45, 2.75) is 27.3 Å². The van der Waals surface area contributed by atoms with Crippen LogP contribution in [0.15, 0.2) is 18.2 Å². The third kappa shape index (κ3) is 2.23. The van der Waals surface area contributed by atoms with Gasteiger partial charge in [0, 0.05) is 36.1 Å². The zero-order valence-corrected chi connectivity index (χ0v) is 11.2.